The molecule has 0 radical (unpaired) electrons. The molecule has 0 heterocycles. The van der Waals surface area contributed by atoms with E-state index in [9.17, 15) is 22.8 Å². The number of nitrogens with one attached hydrogen (secondary N) is 1. The molecule has 1 rings (SSSR count). The summed E-state index contributed by atoms with van der Waals surface area (Å²) in [6.07, 6.45) is -4.73. The van der Waals surface area contributed by atoms with Crippen LogP contribution in [-0.4, -0.2) is 30.6 Å². The number of halogens is 3. The number of hydrogen-bond acceptors (Lipinski definition) is 4. The van der Waals surface area contributed by atoms with Gasteiger partial charge in [0.05, 0.1) is 12.5 Å². The van der Waals surface area contributed by atoms with Gasteiger partial charge in [0.2, 0.25) is 11.8 Å². The summed E-state index contributed by atoms with van der Waals surface area (Å²) < 4.78 is 40.4. The van der Waals surface area contributed by atoms with Gasteiger partial charge >= 0.3 is 6.18 Å². The van der Waals surface area contributed by atoms with Gasteiger partial charge in [-0.25, -0.2) is 0 Å². The third-order valence-electron chi connectivity index (χ3n) is 2.28. The monoisotopic (exact) mass is 305 g/mol. The number of alkyl halides is 3. The molecule has 0 aliphatic rings. The molecule has 9 heteroatoms. The molecule has 0 aliphatic carbocycles. The minimum absolute atomic E-state index is 0.00626. The SMILES string of the molecule is NC(=O)CC(N)C(=O)Nc1ccc(OCC(F)(F)F)cc1. The van der Waals surface area contributed by atoms with Gasteiger partial charge in [-0.15, -0.1) is 0 Å². The maximum absolute atomic E-state index is 12.0. The molecule has 0 saturated carbocycles. The summed E-state index contributed by atoms with van der Waals surface area (Å²) in [4.78, 5) is 22.2. The van der Waals surface area contributed by atoms with E-state index in [1.807, 2.05) is 0 Å². The van der Waals surface area contributed by atoms with E-state index in [4.69, 9.17) is 11.5 Å². The Balaban J connectivity index is 2.54. The van der Waals surface area contributed by atoms with E-state index in [0.717, 1.165) is 0 Å². The van der Waals surface area contributed by atoms with Gasteiger partial charge in [0, 0.05) is 5.69 Å². The molecule has 0 bridgehead atoms. The van der Waals surface area contributed by atoms with Gasteiger partial charge in [-0.1, -0.05) is 0 Å². The molecule has 6 nitrogen and oxygen atoms in total. The first kappa shape index (κ1) is 16.8. The Bertz CT molecular complexity index is 503. The Kier molecular flexibility index (Phi) is 5.53. The topological polar surface area (TPSA) is 107 Å². The molecule has 0 aliphatic heterocycles. The molecule has 0 fully saturated rings. The van der Waals surface area contributed by atoms with Crippen LogP contribution in [0.1, 0.15) is 6.42 Å². The second-order valence-corrected chi connectivity index (χ2v) is 4.19. The van der Waals surface area contributed by atoms with Crippen LogP contribution in [-0.2, 0) is 9.59 Å². The maximum Gasteiger partial charge on any atom is 0.422 e. The van der Waals surface area contributed by atoms with Crippen molar-refractivity contribution < 1.29 is 27.5 Å². The summed E-state index contributed by atoms with van der Waals surface area (Å²) >= 11 is 0. The van der Waals surface area contributed by atoms with Crippen molar-refractivity contribution in [1.29, 1.82) is 0 Å². The highest BCUT2D eigenvalue weighted by Crippen LogP contribution is 2.20. The number of hydrogen-bond donors (Lipinski definition) is 3. The summed E-state index contributed by atoms with van der Waals surface area (Å²) in [6, 6.07) is 4.13. The zero-order valence-corrected chi connectivity index (χ0v) is 10.8. The minimum Gasteiger partial charge on any atom is -0.484 e. The van der Waals surface area contributed by atoms with Crippen LogP contribution in [0.4, 0.5) is 18.9 Å². The molecule has 1 atom stereocenters. The molecular formula is C12H14F3N3O3. The first-order valence-electron chi connectivity index (χ1n) is 5.82. The van der Waals surface area contributed by atoms with Crippen LogP contribution < -0.4 is 21.5 Å². The lowest BCUT2D eigenvalue weighted by Gasteiger charge is -2.12. The molecule has 0 saturated heterocycles. The predicted molar refractivity (Wildman–Crippen MR) is 68.4 cm³/mol. The van der Waals surface area contributed by atoms with Crippen molar-refractivity contribution in [3.05, 3.63) is 24.3 Å². The van der Waals surface area contributed by atoms with Crippen molar-refractivity contribution in [2.24, 2.45) is 11.5 Å². The lowest BCUT2D eigenvalue weighted by Crippen LogP contribution is -2.38. The van der Waals surface area contributed by atoms with Crippen LogP contribution in [0.15, 0.2) is 24.3 Å². The summed E-state index contributed by atoms with van der Waals surface area (Å²) in [7, 11) is 0. The first-order valence-corrected chi connectivity index (χ1v) is 5.82. The molecule has 0 spiro atoms. The van der Waals surface area contributed by atoms with Gasteiger partial charge in [-0.2, -0.15) is 13.2 Å². The molecule has 0 aromatic heterocycles. The number of benzene rings is 1. The van der Waals surface area contributed by atoms with Crippen LogP contribution >= 0.6 is 0 Å². The quantitative estimate of drug-likeness (QED) is 0.721. The van der Waals surface area contributed by atoms with Gasteiger partial charge in [-0.05, 0) is 24.3 Å². The Labute approximate surface area is 118 Å². The Morgan fingerprint density at radius 2 is 1.81 bits per heavy atom. The summed E-state index contributed by atoms with van der Waals surface area (Å²) in [5.41, 5.74) is 10.6. The molecule has 1 aromatic carbocycles. The van der Waals surface area contributed by atoms with Crippen LogP contribution in [0, 0.1) is 0 Å². The fraction of sp³-hybridized carbons (Fsp3) is 0.333. The summed E-state index contributed by atoms with van der Waals surface area (Å²) in [6.45, 7) is -1.40. The standard InChI is InChI=1S/C12H14F3N3O3/c13-12(14,15)6-21-8-3-1-7(2-4-8)18-11(20)9(16)5-10(17)19/h1-4,9H,5-6,16H2,(H2,17,19)(H,18,20). The number of rotatable bonds is 6. The third kappa shape index (κ3) is 6.61. The molecular weight excluding hydrogens is 291 g/mol. The van der Waals surface area contributed by atoms with E-state index in [1.165, 1.54) is 24.3 Å². The highest BCUT2D eigenvalue weighted by Gasteiger charge is 2.28. The maximum atomic E-state index is 12.0. The van der Waals surface area contributed by atoms with E-state index in [-0.39, 0.29) is 12.2 Å². The fourth-order valence-corrected chi connectivity index (χ4v) is 1.34. The minimum atomic E-state index is -4.42. The molecule has 116 valence electrons. The van der Waals surface area contributed by atoms with Gasteiger partial charge in [0.25, 0.3) is 0 Å². The molecule has 21 heavy (non-hydrogen) atoms. The van der Waals surface area contributed by atoms with Crippen molar-refractivity contribution >= 4 is 17.5 Å². The summed E-state index contributed by atoms with van der Waals surface area (Å²) in [5, 5.41) is 2.40. The normalized spacial score (nSPS) is 12.6. The Morgan fingerprint density at radius 1 is 1.24 bits per heavy atom. The smallest absolute Gasteiger partial charge is 0.422 e. The van der Waals surface area contributed by atoms with E-state index in [0.29, 0.717) is 5.69 Å². The van der Waals surface area contributed by atoms with E-state index >= 15 is 0 Å². The van der Waals surface area contributed by atoms with Crippen molar-refractivity contribution in [2.45, 2.75) is 18.6 Å². The number of amides is 2. The average Bonchev–Trinajstić information content (AvgIpc) is 2.36. The van der Waals surface area contributed by atoms with Crippen LogP contribution in [0.5, 0.6) is 5.75 Å². The number of carbonyl (C=O) groups excluding carboxylic acids is 2. The van der Waals surface area contributed by atoms with Crippen LogP contribution in [0.25, 0.3) is 0 Å². The zero-order chi connectivity index (χ0) is 16.0. The highest BCUT2D eigenvalue weighted by atomic mass is 19.4. The second-order valence-electron chi connectivity index (χ2n) is 4.19. The lowest BCUT2D eigenvalue weighted by molar-refractivity contribution is -0.153. The Morgan fingerprint density at radius 3 is 2.29 bits per heavy atom. The molecule has 1 unspecified atom stereocenters. The van der Waals surface area contributed by atoms with Crippen molar-refractivity contribution in [3.8, 4) is 5.75 Å². The lowest BCUT2D eigenvalue weighted by atomic mass is 10.2. The van der Waals surface area contributed by atoms with Gasteiger partial charge in [0.1, 0.15) is 5.75 Å². The van der Waals surface area contributed by atoms with Crippen LogP contribution in [0.3, 0.4) is 0 Å². The largest absolute Gasteiger partial charge is 0.484 e. The third-order valence-corrected chi connectivity index (χ3v) is 2.28. The van der Waals surface area contributed by atoms with Crippen molar-refractivity contribution in [3.63, 3.8) is 0 Å². The second kappa shape index (κ2) is 6.93. The van der Waals surface area contributed by atoms with E-state index in [1.54, 1.807) is 0 Å². The fourth-order valence-electron chi connectivity index (χ4n) is 1.34. The Hall–Kier alpha value is -2.29. The number of nitrogens with two attached hydrogens (primary N) is 2. The summed E-state index contributed by atoms with van der Waals surface area (Å²) in [5.74, 6) is -1.34. The molecule has 5 N–H and O–H groups in total. The van der Waals surface area contributed by atoms with Crippen molar-refractivity contribution in [1.82, 2.24) is 0 Å². The van der Waals surface area contributed by atoms with Gasteiger partial charge in [0.15, 0.2) is 6.61 Å². The number of anilines is 1. The highest BCUT2D eigenvalue weighted by molar-refractivity contribution is 5.97. The van der Waals surface area contributed by atoms with E-state index in [2.05, 4.69) is 10.1 Å². The zero-order valence-electron chi connectivity index (χ0n) is 10.8. The molecule has 2 amide bonds. The van der Waals surface area contributed by atoms with Gasteiger partial charge in [-0.3, -0.25) is 9.59 Å². The predicted octanol–water partition coefficient (Wildman–Crippen LogP) is 0.769. The van der Waals surface area contributed by atoms with Gasteiger partial charge < -0.3 is 21.5 Å². The first-order chi connectivity index (χ1) is 9.67. The molecule has 1 aromatic rings. The van der Waals surface area contributed by atoms with Crippen LogP contribution in [0.2, 0.25) is 0 Å². The number of carbonyl (C=O) groups is 2. The average molecular weight is 305 g/mol. The number of ether oxygens (including phenoxy) is 1. The van der Waals surface area contributed by atoms with E-state index < -0.39 is 30.6 Å². The number of primary amides is 1. The van der Waals surface area contributed by atoms with Crippen molar-refractivity contribution in [2.75, 3.05) is 11.9 Å².